The highest BCUT2D eigenvalue weighted by Crippen LogP contribution is 2.40. The molecular weight excluding hydrogens is 542 g/mol. The highest BCUT2D eigenvalue weighted by Gasteiger charge is 2.60. The van der Waals surface area contributed by atoms with E-state index in [1.165, 1.54) is 19.2 Å². The summed E-state index contributed by atoms with van der Waals surface area (Å²) in [5, 5.41) is 17.3. The van der Waals surface area contributed by atoms with Crippen molar-refractivity contribution in [1.82, 2.24) is 14.9 Å². The van der Waals surface area contributed by atoms with E-state index in [9.17, 15) is 41.0 Å². The minimum atomic E-state index is -5.32. The zero-order valence-corrected chi connectivity index (χ0v) is 20.5. The van der Waals surface area contributed by atoms with Crippen molar-refractivity contribution in [2.45, 2.75) is 31.8 Å². The minimum absolute atomic E-state index is 0.0449. The number of anilines is 2. The Kier molecular flexibility index (Phi) is 9.00. The number of hydrogen-bond acceptors (Lipinski definition) is 8. The molecule has 2 aromatic rings. The number of nitrogens with two attached hydrogens (primary N) is 2. The number of aliphatic carboxylic acids is 1. The second-order valence-corrected chi connectivity index (χ2v) is 8.36. The van der Waals surface area contributed by atoms with Gasteiger partial charge in [-0.15, -0.1) is 0 Å². The summed E-state index contributed by atoms with van der Waals surface area (Å²) < 4.78 is 72.2. The van der Waals surface area contributed by atoms with Gasteiger partial charge in [-0.1, -0.05) is 12.1 Å². The van der Waals surface area contributed by atoms with E-state index < -0.39 is 35.4 Å². The van der Waals surface area contributed by atoms with Crippen molar-refractivity contribution in [3.8, 4) is 11.3 Å². The number of piperazine rings is 1. The summed E-state index contributed by atoms with van der Waals surface area (Å²) in [6, 6.07) is 3.34. The quantitative estimate of drug-likeness (QED) is 0.400. The van der Waals surface area contributed by atoms with Gasteiger partial charge in [-0.3, -0.25) is 9.59 Å². The molecule has 1 aromatic heterocycles. The minimum Gasteiger partial charge on any atom is -0.475 e. The van der Waals surface area contributed by atoms with Crippen LogP contribution in [0.25, 0.3) is 11.3 Å². The van der Waals surface area contributed by atoms with Crippen LogP contribution in [0.4, 0.5) is 38.0 Å². The number of rotatable bonds is 4. The molecule has 1 fully saturated rings. The summed E-state index contributed by atoms with van der Waals surface area (Å²) in [6.45, 7) is 4.96. The van der Waals surface area contributed by atoms with E-state index in [-0.39, 0.29) is 23.0 Å². The number of primary amides is 1. The summed E-state index contributed by atoms with van der Waals surface area (Å²) >= 11 is 0. The Hall–Kier alpha value is -4.15. The first-order valence-corrected chi connectivity index (χ1v) is 10.9. The summed E-state index contributed by atoms with van der Waals surface area (Å²) in [4.78, 5) is 44.1. The first-order valence-electron chi connectivity index (χ1n) is 10.9. The van der Waals surface area contributed by atoms with Crippen LogP contribution in [-0.2, 0) is 20.0 Å². The van der Waals surface area contributed by atoms with Gasteiger partial charge in [0.05, 0.1) is 11.9 Å². The number of aromatic nitrogens is 2. The number of carboxylic acid groups (broad SMARTS) is 1. The smallest absolute Gasteiger partial charge is 0.475 e. The Labute approximate surface area is 217 Å². The molecule has 0 aliphatic carbocycles. The molecule has 2 amide bonds. The molecule has 0 radical (unpaired) electrons. The first kappa shape index (κ1) is 31.1. The normalized spacial score (nSPS) is 15.6. The molecule has 1 aliphatic rings. The molecule has 0 bridgehead atoms. The molecule has 1 saturated heterocycles. The van der Waals surface area contributed by atoms with Gasteiger partial charge in [-0.25, -0.2) is 14.8 Å². The van der Waals surface area contributed by atoms with Crippen molar-refractivity contribution in [2.24, 2.45) is 5.73 Å². The lowest BCUT2D eigenvalue weighted by Gasteiger charge is -2.35. The number of benzene rings is 1. The number of carbonyl (C=O) groups excluding carboxylic acids is 2. The molecule has 1 aromatic carbocycles. The summed E-state index contributed by atoms with van der Waals surface area (Å²) in [6.07, 6.45) is -9.10. The molecule has 2 heterocycles. The van der Waals surface area contributed by atoms with Crippen LogP contribution in [0.2, 0.25) is 0 Å². The third-order valence-electron chi connectivity index (χ3n) is 5.75. The third-order valence-corrected chi connectivity index (χ3v) is 5.75. The van der Waals surface area contributed by atoms with Crippen molar-refractivity contribution in [3.63, 3.8) is 0 Å². The second kappa shape index (κ2) is 11.3. The molecule has 39 heavy (non-hydrogen) atoms. The SMILES string of the molecule is CC(=O)N1CCN(c2nc(-c3cc(C(O)(C(N)=O)C(F)(F)F)ccc3C)cnc2N)CC1.O=C(O)C(F)(F)F. The molecule has 0 spiro atoms. The number of nitrogens with zero attached hydrogens (tertiary/aromatic N) is 4. The van der Waals surface area contributed by atoms with Crippen molar-refractivity contribution in [2.75, 3.05) is 36.8 Å². The van der Waals surface area contributed by atoms with Crippen LogP contribution in [0.3, 0.4) is 0 Å². The number of aryl methyl sites for hydroxylation is 1. The van der Waals surface area contributed by atoms with E-state index in [0.717, 1.165) is 12.1 Å². The number of halogens is 6. The Morgan fingerprint density at radius 3 is 2.00 bits per heavy atom. The van der Waals surface area contributed by atoms with Crippen molar-refractivity contribution in [3.05, 3.63) is 35.5 Å². The number of carbonyl (C=O) groups is 3. The van der Waals surface area contributed by atoms with Gasteiger partial charge in [0.1, 0.15) is 0 Å². The van der Waals surface area contributed by atoms with Crippen LogP contribution in [0.1, 0.15) is 18.1 Å². The Morgan fingerprint density at radius 2 is 1.56 bits per heavy atom. The van der Waals surface area contributed by atoms with Gasteiger partial charge in [-0.2, -0.15) is 26.3 Å². The third kappa shape index (κ3) is 6.84. The predicted octanol–water partition coefficient (Wildman–Crippen LogP) is 1.57. The van der Waals surface area contributed by atoms with Crippen molar-refractivity contribution in [1.29, 1.82) is 0 Å². The number of aliphatic hydroxyl groups is 1. The van der Waals surface area contributed by atoms with Gasteiger partial charge in [0.25, 0.3) is 11.5 Å². The number of alkyl halides is 6. The van der Waals surface area contributed by atoms with Crippen LogP contribution >= 0.6 is 0 Å². The summed E-state index contributed by atoms with van der Waals surface area (Å²) in [5.41, 5.74) is 7.26. The Balaban J connectivity index is 0.000000673. The van der Waals surface area contributed by atoms with Crippen LogP contribution in [-0.4, -0.2) is 81.4 Å². The molecule has 11 nitrogen and oxygen atoms in total. The largest absolute Gasteiger partial charge is 0.490 e. The zero-order valence-electron chi connectivity index (χ0n) is 20.5. The van der Waals surface area contributed by atoms with Gasteiger partial charge in [0, 0.05) is 44.2 Å². The van der Waals surface area contributed by atoms with Crippen molar-refractivity contribution < 1.29 is 50.9 Å². The number of nitrogen functional groups attached to an aromatic ring is 1. The Bertz CT molecular complexity index is 1250. The van der Waals surface area contributed by atoms with E-state index in [4.69, 9.17) is 21.4 Å². The van der Waals surface area contributed by atoms with Gasteiger partial charge >= 0.3 is 18.3 Å². The summed E-state index contributed by atoms with van der Waals surface area (Å²) in [7, 11) is 0. The predicted molar refractivity (Wildman–Crippen MR) is 124 cm³/mol. The Morgan fingerprint density at radius 1 is 1.03 bits per heavy atom. The van der Waals surface area contributed by atoms with E-state index in [1.807, 2.05) is 4.90 Å². The van der Waals surface area contributed by atoms with Crippen LogP contribution in [0.15, 0.2) is 24.4 Å². The van der Waals surface area contributed by atoms with E-state index in [1.54, 1.807) is 11.8 Å². The maximum atomic E-state index is 13.5. The van der Waals surface area contributed by atoms with Crippen molar-refractivity contribution >= 4 is 29.4 Å². The van der Waals surface area contributed by atoms with E-state index >= 15 is 0 Å². The molecule has 1 atom stereocenters. The summed E-state index contributed by atoms with van der Waals surface area (Å²) in [5.74, 6) is -4.28. The average Bonchev–Trinajstić information content (AvgIpc) is 2.83. The zero-order chi connectivity index (χ0) is 29.9. The lowest BCUT2D eigenvalue weighted by Crippen LogP contribution is -2.52. The average molecular weight is 566 g/mol. The van der Waals surface area contributed by atoms with E-state index in [0.29, 0.717) is 37.6 Å². The molecule has 1 unspecified atom stereocenters. The van der Waals surface area contributed by atoms with Gasteiger partial charge in [0.15, 0.2) is 11.6 Å². The van der Waals surface area contributed by atoms with Crippen LogP contribution in [0.5, 0.6) is 0 Å². The highest BCUT2D eigenvalue weighted by atomic mass is 19.4. The monoisotopic (exact) mass is 566 g/mol. The first-order chi connectivity index (χ1) is 17.8. The maximum Gasteiger partial charge on any atom is 0.490 e. The maximum absolute atomic E-state index is 13.5. The highest BCUT2D eigenvalue weighted by molar-refractivity contribution is 5.86. The molecule has 17 heteroatoms. The number of amides is 2. The van der Waals surface area contributed by atoms with Gasteiger partial charge in [-0.05, 0) is 18.6 Å². The lowest BCUT2D eigenvalue weighted by molar-refractivity contribution is -0.255. The second-order valence-electron chi connectivity index (χ2n) is 8.36. The van der Waals surface area contributed by atoms with E-state index in [2.05, 4.69) is 9.97 Å². The molecule has 1 aliphatic heterocycles. The fourth-order valence-corrected chi connectivity index (χ4v) is 3.55. The number of hydrogen-bond donors (Lipinski definition) is 4. The standard InChI is InChI=1S/C20H23F3N6O3.C2HF3O2/c1-11-3-4-13(19(32,18(25)31)20(21,22)23)9-14(11)15-10-26-16(24)17(27-15)29-7-5-28(6-8-29)12(2)30;3-2(4,5)1(6)7/h3-4,9-10,32H,5-8H2,1-2H3,(H2,24,26)(H2,25,31);(H,6,7). The fourth-order valence-electron chi connectivity index (χ4n) is 3.55. The number of carboxylic acids is 1. The lowest BCUT2D eigenvalue weighted by atomic mass is 9.89. The molecule has 214 valence electrons. The molecular formula is C22H24F6N6O5. The van der Waals surface area contributed by atoms with Crippen LogP contribution < -0.4 is 16.4 Å². The fraction of sp³-hybridized carbons (Fsp3) is 0.409. The topological polar surface area (TPSA) is 176 Å². The van der Waals surface area contributed by atoms with Gasteiger partial charge in [0.2, 0.25) is 5.91 Å². The molecule has 6 N–H and O–H groups in total. The van der Waals surface area contributed by atoms with Crippen LogP contribution in [0, 0.1) is 6.92 Å². The molecule has 3 rings (SSSR count). The van der Waals surface area contributed by atoms with Gasteiger partial charge < -0.3 is 31.5 Å². The molecule has 0 saturated carbocycles.